The van der Waals surface area contributed by atoms with E-state index >= 15 is 0 Å². The summed E-state index contributed by atoms with van der Waals surface area (Å²) in [5, 5.41) is -0.430. The van der Waals surface area contributed by atoms with Gasteiger partial charge in [0.25, 0.3) is 0 Å². The Labute approximate surface area is 148 Å². The number of ether oxygens (including phenoxy) is 1. The lowest BCUT2D eigenvalue weighted by Crippen LogP contribution is -2.25. The molecule has 6 heteroatoms. The molecule has 1 aromatic rings. The van der Waals surface area contributed by atoms with E-state index in [0.29, 0.717) is 13.0 Å². The van der Waals surface area contributed by atoms with Crippen LogP contribution in [-0.4, -0.2) is 18.0 Å². The molecule has 1 aromatic carbocycles. The third-order valence-corrected chi connectivity index (χ3v) is 4.15. The fraction of sp³-hybridized carbons (Fsp3) is 0.400. The van der Waals surface area contributed by atoms with Gasteiger partial charge in [-0.25, -0.2) is 0 Å². The largest absolute Gasteiger partial charge is 0.465 e. The molecule has 0 fully saturated rings. The zero-order chi connectivity index (χ0) is 15.8. The van der Waals surface area contributed by atoms with Gasteiger partial charge in [0.2, 0.25) is 0 Å². The molecule has 0 aliphatic heterocycles. The highest BCUT2D eigenvalue weighted by atomic mass is 79.9. The van der Waals surface area contributed by atoms with Crippen LogP contribution in [0.2, 0.25) is 0 Å². The minimum atomic E-state index is -0.646. The van der Waals surface area contributed by atoms with Crippen LogP contribution in [0.4, 0.5) is 0 Å². The number of aryl methyl sites for hydroxylation is 1. The summed E-state index contributed by atoms with van der Waals surface area (Å²) in [6, 6.07) is 7.96. The number of halogens is 4. The van der Waals surface area contributed by atoms with Crippen molar-refractivity contribution in [2.24, 2.45) is 5.92 Å². The number of alkyl halides is 1. The van der Waals surface area contributed by atoms with Crippen molar-refractivity contribution in [1.29, 1.82) is 0 Å². The second-order valence-electron chi connectivity index (χ2n) is 4.42. The van der Waals surface area contributed by atoms with E-state index in [0.717, 1.165) is 16.5 Å². The zero-order valence-corrected chi connectivity index (χ0v) is 15.3. The van der Waals surface area contributed by atoms with Gasteiger partial charge in [-0.3, -0.25) is 4.79 Å². The zero-order valence-electron chi connectivity index (χ0n) is 11.5. The van der Waals surface area contributed by atoms with E-state index in [1.165, 1.54) is 6.08 Å². The number of carbonyl (C=O) groups is 1. The van der Waals surface area contributed by atoms with Crippen molar-refractivity contribution in [2.45, 2.75) is 25.1 Å². The molecule has 0 aliphatic carbocycles. The van der Waals surface area contributed by atoms with Gasteiger partial charge in [-0.05, 0) is 43.5 Å². The molecular formula is C15H16BrCl3O2. The molecule has 0 spiro atoms. The Kier molecular flexibility index (Phi) is 8.72. The van der Waals surface area contributed by atoms with Crippen molar-refractivity contribution in [1.82, 2.24) is 0 Å². The maximum absolute atomic E-state index is 11.9. The van der Waals surface area contributed by atoms with Crippen LogP contribution in [0.15, 0.2) is 39.3 Å². The van der Waals surface area contributed by atoms with E-state index in [1.54, 1.807) is 6.92 Å². The fourth-order valence-electron chi connectivity index (χ4n) is 1.83. The second-order valence-corrected chi connectivity index (χ2v) is 6.90. The first-order valence-electron chi connectivity index (χ1n) is 6.52. The van der Waals surface area contributed by atoms with E-state index in [4.69, 9.17) is 39.5 Å². The van der Waals surface area contributed by atoms with Crippen molar-refractivity contribution in [3.05, 3.63) is 44.9 Å². The Morgan fingerprint density at radius 3 is 2.48 bits per heavy atom. The van der Waals surface area contributed by atoms with E-state index in [9.17, 15) is 4.79 Å². The number of rotatable bonds is 7. The molecule has 0 bridgehead atoms. The van der Waals surface area contributed by atoms with Crippen LogP contribution >= 0.6 is 50.7 Å². The first-order chi connectivity index (χ1) is 9.93. The molecule has 21 heavy (non-hydrogen) atoms. The Morgan fingerprint density at radius 1 is 1.33 bits per heavy atom. The molecule has 2 atom stereocenters. The van der Waals surface area contributed by atoms with Gasteiger partial charge in [0, 0.05) is 4.47 Å². The van der Waals surface area contributed by atoms with Crippen molar-refractivity contribution in [3.63, 3.8) is 0 Å². The summed E-state index contributed by atoms with van der Waals surface area (Å²) in [6.07, 6.45) is 2.80. The van der Waals surface area contributed by atoms with Gasteiger partial charge in [0.05, 0.1) is 17.9 Å². The van der Waals surface area contributed by atoms with Gasteiger partial charge in [-0.15, -0.1) is 11.6 Å². The standard InChI is InChI=1S/C15H16BrCl3O2/c1-2-21-15(20)12(9-14(18)19)13(17)8-5-10-3-6-11(16)7-4-10/h3-4,6-7,9,12-13H,2,5,8H2,1H3/t12-,13+/m0/s1. The number of esters is 1. The maximum Gasteiger partial charge on any atom is 0.314 e. The van der Waals surface area contributed by atoms with Crippen molar-refractivity contribution in [3.8, 4) is 0 Å². The predicted molar refractivity (Wildman–Crippen MR) is 92.0 cm³/mol. The van der Waals surface area contributed by atoms with Crippen LogP contribution in [0.1, 0.15) is 18.9 Å². The van der Waals surface area contributed by atoms with Gasteiger partial charge < -0.3 is 4.74 Å². The van der Waals surface area contributed by atoms with Gasteiger partial charge in [-0.1, -0.05) is 51.3 Å². The quantitative estimate of drug-likeness (QED) is 0.436. The van der Waals surface area contributed by atoms with Crippen LogP contribution in [0.25, 0.3) is 0 Å². The molecule has 0 aromatic heterocycles. The number of benzene rings is 1. The smallest absolute Gasteiger partial charge is 0.314 e. The molecule has 0 unspecified atom stereocenters. The second kappa shape index (κ2) is 9.73. The van der Waals surface area contributed by atoms with Gasteiger partial charge in [-0.2, -0.15) is 0 Å². The summed E-state index contributed by atoms with van der Waals surface area (Å²) in [5.41, 5.74) is 1.15. The molecular weight excluding hydrogens is 398 g/mol. The third-order valence-electron chi connectivity index (χ3n) is 2.88. The molecule has 0 radical (unpaired) electrons. The molecule has 2 nitrogen and oxygen atoms in total. The topological polar surface area (TPSA) is 26.3 Å². The summed E-state index contributed by atoms with van der Waals surface area (Å²) in [4.78, 5) is 11.9. The highest BCUT2D eigenvalue weighted by molar-refractivity contribution is 9.10. The maximum atomic E-state index is 11.9. The Bertz CT molecular complexity index is 484. The summed E-state index contributed by atoms with van der Waals surface area (Å²) in [5.74, 6) is -1.06. The number of hydrogen-bond acceptors (Lipinski definition) is 2. The molecule has 0 aliphatic rings. The minimum Gasteiger partial charge on any atom is -0.465 e. The number of carbonyl (C=O) groups excluding carboxylic acids is 1. The Balaban J connectivity index is 2.67. The van der Waals surface area contributed by atoms with E-state index < -0.39 is 17.3 Å². The highest BCUT2D eigenvalue weighted by Gasteiger charge is 2.26. The summed E-state index contributed by atoms with van der Waals surface area (Å²) >= 11 is 21.0. The monoisotopic (exact) mass is 412 g/mol. The first kappa shape index (κ1) is 18.8. The third kappa shape index (κ3) is 7.05. The lowest BCUT2D eigenvalue weighted by atomic mass is 9.99. The molecule has 0 N–H and O–H groups in total. The minimum absolute atomic E-state index is 0.0161. The molecule has 1 rings (SSSR count). The van der Waals surface area contributed by atoms with Crippen LogP contribution < -0.4 is 0 Å². The van der Waals surface area contributed by atoms with E-state index in [1.807, 2.05) is 24.3 Å². The average Bonchev–Trinajstić information content (AvgIpc) is 2.44. The van der Waals surface area contributed by atoms with Crippen molar-refractivity contribution in [2.75, 3.05) is 6.61 Å². The van der Waals surface area contributed by atoms with Crippen LogP contribution in [0.5, 0.6) is 0 Å². The van der Waals surface area contributed by atoms with Gasteiger partial charge >= 0.3 is 5.97 Å². The van der Waals surface area contributed by atoms with Gasteiger partial charge in [0.1, 0.15) is 4.49 Å². The van der Waals surface area contributed by atoms with Crippen LogP contribution in [0.3, 0.4) is 0 Å². The number of hydrogen-bond donors (Lipinski definition) is 0. The van der Waals surface area contributed by atoms with E-state index in [2.05, 4.69) is 15.9 Å². The molecule has 0 saturated heterocycles. The lowest BCUT2D eigenvalue weighted by molar-refractivity contribution is -0.146. The molecule has 0 heterocycles. The highest BCUT2D eigenvalue weighted by Crippen LogP contribution is 2.24. The lowest BCUT2D eigenvalue weighted by Gasteiger charge is -2.17. The molecule has 116 valence electrons. The SMILES string of the molecule is CCOC(=O)[C@@H](C=C(Cl)Cl)[C@H](Cl)CCc1ccc(Br)cc1. The summed E-state index contributed by atoms with van der Waals surface area (Å²) in [7, 11) is 0. The van der Waals surface area contributed by atoms with E-state index in [-0.39, 0.29) is 4.49 Å². The summed E-state index contributed by atoms with van der Waals surface area (Å²) in [6.45, 7) is 2.03. The molecule has 0 amide bonds. The van der Waals surface area contributed by atoms with Crippen molar-refractivity contribution < 1.29 is 9.53 Å². The summed E-state index contributed by atoms with van der Waals surface area (Å²) < 4.78 is 6.04. The fourth-order valence-corrected chi connectivity index (χ4v) is 2.65. The average molecular weight is 415 g/mol. The van der Waals surface area contributed by atoms with Gasteiger partial charge in [0.15, 0.2) is 0 Å². The van der Waals surface area contributed by atoms with Crippen LogP contribution in [0, 0.1) is 5.92 Å². The Morgan fingerprint density at radius 2 is 1.95 bits per heavy atom. The normalized spacial score (nSPS) is 13.4. The Hall–Kier alpha value is -0.220. The molecule has 0 saturated carbocycles. The first-order valence-corrected chi connectivity index (χ1v) is 8.50. The van der Waals surface area contributed by atoms with Crippen LogP contribution in [-0.2, 0) is 16.0 Å². The predicted octanol–water partition coefficient (Wildman–Crippen LogP) is 5.49. The van der Waals surface area contributed by atoms with Crippen molar-refractivity contribution >= 4 is 56.7 Å².